The highest BCUT2D eigenvalue weighted by molar-refractivity contribution is 7.98. The molecule has 0 atom stereocenters. The van der Waals surface area contributed by atoms with E-state index in [9.17, 15) is 9.59 Å². The molecule has 1 N–H and O–H groups in total. The van der Waals surface area contributed by atoms with Crippen molar-refractivity contribution < 1.29 is 18.7 Å². The predicted octanol–water partition coefficient (Wildman–Crippen LogP) is 4.06. The quantitative estimate of drug-likeness (QED) is 0.595. The molecule has 0 spiro atoms. The molecular formula is C25H28N4O4S. The lowest BCUT2D eigenvalue weighted by molar-refractivity contribution is 0.0298. The van der Waals surface area contributed by atoms with E-state index >= 15 is 0 Å². The minimum Gasteiger partial charge on any atom is -0.472 e. The number of nitrogens with one attached hydrogen (secondary N) is 1. The molecule has 2 saturated heterocycles. The second kappa shape index (κ2) is 10.5. The summed E-state index contributed by atoms with van der Waals surface area (Å²) in [5.74, 6) is 0.925. The molecule has 2 amide bonds. The Balaban J connectivity index is 0.000000159. The first-order valence-electron chi connectivity index (χ1n) is 11.7. The van der Waals surface area contributed by atoms with Crippen molar-refractivity contribution in [3.8, 4) is 11.3 Å². The lowest BCUT2D eigenvalue weighted by Crippen LogP contribution is -2.41. The number of benzene rings is 1. The van der Waals surface area contributed by atoms with Crippen molar-refractivity contribution >= 4 is 23.6 Å². The van der Waals surface area contributed by atoms with E-state index in [1.54, 1.807) is 17.8 Å². The number of piperidine rings is 1. The van der Waals surface area contributed by atoms with Gasteiger partial charge in [-0.3, -0.25) is 14.7 Å². The first-order valence-corrected chi connectivity index (χ1v) is 12.7. The van der Waals surface area contributed by atoms with Gasteiger partial charge >= 0.3 is 0 Å². The molecule has 2 fully saturated rings. The molecule has 8 nitrogen and oxygen atoms in total. The van der Waals surface area contributed by atoms with Crippen molar-refractivity contribution in [1.29, 1.82) is 0 Å². The van der Waals surface area contributed by atoms with E-state index in [0.717, 1.165) is 48.5 Å². The number of hydrogen-bond donors (Lipinski definition) is 1. The number of nitrogens with zero attached hydrogens (tertiary/aromatic N) is 3. The summed E-state index contributed by atoms with van der Waals surface area (Å²) in [4.78, 5) is 29.3. The molecule has 6 rings (SSSR count). The van der Waals surface area contributed by atoms with Gasteiger partial charge in [0, 0.05) is 48.0 Å². The molecule has 3 aromatic rings. The Labute approximate surface area is 202 Å². The molecule has 5 heterocycles. The standard InChI is InChI=1S/C15H15N3O2S.C10H13NO2/c19-15(18-5-7-20-8-6-18)14-11-9-21-12-4-2-1-3-10(12)13(11)16-17-14;12-10(9-4-7-13-8-9)11-5-2-1-3-6-11/h1-4H,5-9H2,(H,16,17);4,7-8H,1-3,5-6H2. The van der Waals surface area contributed by atoms with Crippen LogP contribution in [0.15, 0.2) is 52.2 Å². The molecule has 0 radical (unpaired) electrons. The van der Waals surface area contributed by atoms with Crippen LogP contribution in [0.2, 0.25) is 0 Å². The summed E-state index contributed by atoms with van der Waals surface area (Å²) in [6.45, 7) is 4.31. The summed E-state index contributed by atoms with van der Waals surface area (Å²) in [5.41, 5.74) is 4.35. The fraction of sp³-hybridized carbons (Fsp3) is 0.400. The van der Waals surface area contributed by atoms with Gasteiger partial charge in [0.1, 0.15) is 12.0 Å². The topological polar surface area (TPSA) is 91.7 Å². The third-order valence-corrected chi connectivity index (χ3v) is 7.40. The van der Waals surface area contributed by atoms with Gasteiger partial charge in [-0.2, -0.15) is 5.10 Å². The van der Waals surface area contributed by atoms with Crippen molar-refractivity contribution in [1.82, 2.24) is 20.0 Å². The Morgan fingerprint density at radius 1 is 0.941 bits per heavy atom. The minimum atomic E-state index is 0.0343. The molecule has 0 aliphatic carbocycles. The SMILES string of the molecule is O=C(c1[nH]nc2c1CSc1ccccc1-2)N1CCOCC1.O=C(c1ccoc1)N1CCCCC1. The van der Waals surface area contributed by atoms with E-state index < -0.39 is 0 Å². The van der Waals surface area contributed by atoms with E-state index in [0.29, 0.717) is 37.6 Å². The summed E-state index contributed by atoms with van der Waals surface area (Å²) >= 11 is 1.76. The van der Waals surface area contributed by atoms with E-state index in [1.165, 1.54) is 23.8 Å². The van der Waals surface area contributed by atoms with Crippen molar-refractivity contribution in [2.75, 3.05) is 39.4 Å². The molecule has 178 valence electrons. The van der Waals surface area contributed by atoms with Crippen molar-refractivity contribution in [3.05, 3.63) is 59.7 Å². The van der Waals surface area contributed by atoms with Gasteiger partial charge in [-0.15, -0.1) is 11.8 Å². The largest absolute Gasteiger partial charge is 0.472 e. The zero-order valence-electron chi connectivity index (χ0n) is 19.0. The molecule has 3 aliphatic rings. The number of H-pyrrole nitrogens is 1. The molecule has 3 aliphatic heterocycles. The van der Waals surface area contributed by atoms with Crippen molar-refractivity contribution in [2.24, 2.45) is 0 Å². The number of carbonyl (C=O) groups excluding carboxylic acids is 2. The first kappa shape index (κ1) is 22.7. The van der Waals surface area contributed by atoms with E-state index in [4.69, 9.17) is 9.15 Å². The van der Waals surface area contributed by atoms with Crippen LogP contribution in [0.4, 0.5) is 0 Å². The summed E-state index contributed by atoms with van der Waals surface area (Å²) in [6.07, 6.45) is 6.55. The second-order valence-corrected chi connectivity index (χ2v) is 9.50. The van der Waals surface area contributed by atoms with Crippen LogP contribution in [0.5, 0.6) is 0 Å². The van der Waals surface area contributed by atoms with Crippen LogP contribution in [0.25, 0.3) is 11.3 Å². The van der Waals surface area contributed by atoms with Gasteiger partial charge in [-0.25, -0.2) is 0 Å². The monoisotopic (exact) mass is 480 g/mol. The number of aromatic nitrogens is 2. The van der Waals surface area contributed by atoms with Gasteiger partial charge < -0.3 is 19.0 Å². The van der Waals surface area contributed by atoms with Gasteiger partial charge in [0.25, 0.3) is 11.8 Å². The van der Waals surface area contributed by atoms with Crippen LogP contribution in [-0.4, -0.2) is 71.2 Å². The van der Waals surface area contributed by atoms with Crippen LogP contribution < -0.4 is 0 Å². The molecule has 0 saturated carbocycles. The van der Waals surface area contributed by atoms with Gasteiger partial charge in [0.05, 0.1) is 30.7 Å². The Kier molecular flexibility index (Phi) is 7.01. The Bertz CT molecular complexity index is 1130. The Morgan fingerprint density at radius 2 is 1.71 bits per heavy atom. The van der Waals surface area contributed by atoms with Crippen molar-refractivity contribution in [3.63, 3.8) is 0 Å². The number of amides is 2. The maximum absolute atomic E-state index is 12.6. The number of thioether (sulfide) groups is 1. The molecule has 2 aromatic heterocycles. The number of ether oxygens (including phenoxy) is 1. The van der Waals surface area contributed by atoms with E-state index in [2.05, 4.69) is 22.3 Å². The predicted molar refractivity (Wildman–Crippen MR) is 129 cm³/mol. The van der Waals surface area contributed by atoms with Crippen LogP contribution in [0, 0.1) is 0 Å². The number of furan rings is 1. The fourth-order valence-electron chi connectivity index (χ4n) is 4.43. The summed E-state index contributed by atoms with van der Waals surface area (Å²) in [7, 11) is 0. The number of aromatic amines is 1. The van der Waals surface area contributed by atoms with Gasteiger partial charge in [0.15, 0.2) is 0 Å². The zero-order chi connectivity index (χ0) is 23.3. The fourth-order valence-corrected chi connectivity index (χ4v) is 5.51. The maximum atomic E-state index is 12.6. The average molecular weight is 481 g/mol. The molecule has 0 bridgehead atoms. The highest BCUT2D eigenvalue weighted by Crippen LogP contribution is 2.41. The van der Waals surface area contributed by atoms with Crippen LogP contribution in [-0.2, 0) is 10.5 Å². The maximum Gasteiger partial charge on any atom is 0.272 e. The molecule has 9 heteroatoms. The van der Waals surface area contributed by atoms with Gasteiger partial charge in [-0.05, 0) is 31.4 Å². The number of likely N-dealkylation sites (tertiary alicyclic amines) is 1. The smallest absolute Gasteiger partial charge is 0.272 e. The third kappa shape index (κ3) is 4.76. The lowest BCUT2D eigenvalue weighted by atomic mass is 10.1. The molecular weight excluding hydrogens is 452 g/mol. The van der Waals surface area contributed by atoms with Gasteiger partial charge in [-0.1, -0.05) is 18.2 Å². The summed E-state index contributed by atoms with van der Waals surface area (Å²) < 4.78 is 10.2. The number of morpholine rings is 1. The number of fused-ring (bicyclic) bond motifs is 3. The number of carbonyl (C=O) groups is 2. The first-order chi connectivity index (χ1) is 16.7. The molecule has 34 heavy (non-hydrogen) atoms. The minimum absolute atomic E-state index is 0.0343. The average Bonchev–Trinajstić information content (AvgIpc) is 3.60. The molecule has 0 unspecified atom stereocenters. The summed E-state index contributed by atoms with van der Waals surface area (Å²) in [6, 6.07) is 9.91. The van der Waals surface area contributed by atoms with E-state index in [1.807, 2.05) is 21.9 Å². The third-order valence-electron chi connectivity index (χ3n) is 6.30. The Hall–Kier alpha value is -3.04. The van der Waals surface area contributed by atoms with Crippen LogP contribution in [0.1, 0.15) is 45.7 Å². The highest BCUT2D eigenvalue weighted by atomic mass is 32.2. The lowest BCUT2D eigenvalue weighted by Gasteiger charge is -2.26. The zero-order valence-corrected chi connectivity index (χ0v) is 19.8. The molecule has 1 aromatic carbocycles. The van der Waals surface area contributed by atoms with Crippen LogP contribution in [0.3, 0.4) is 0 Å². The van der Waals surface area contributed by atoms with Crippen molar-refractivity contribution in [2.45, 2.75) is 29.9 Å². The Morgan fingerprint density at radius 3 is 2.47 bits per heavy atom. The second-order valence-electron chi connectivity index (χ2n) is 8.48. The van der Waals surface area contributed by atoms with E-state index in [-0.39, 0.29) is 11.8 Å². The van der Waals surface area contributed by atoms with Gasteiger partial charge in [0.2, 0.25) is 0 Å². The number of hydrogen-bond acceptors (Lipinski definition) is 6. The summed E-state index contributed by atoms with van der Waals surface area (Å²) in [5, 5.41) is 7.36. The normalized spacial score (nSPS) is 17.3. The van der Waals surface area contributed by atoms with Crippen LogP contribution >= 0.6 is 11.8 Å². The number of rotatable bonds is 2. The highest BCUT2D eigenvalue weighted by Gasteiger charge is 2.28.